The van der Waals surface area contributed by atoms with E-state index in [2.05, 4.69) is 20.3 Å². The molecule has 0 saturated carbocycles. The predicted octanol–water partition coefficient (Wildman–Crippen LogP) is 3.87. The molecule has 1 atom stereocenters. The molecule has 3 heterocycles. The van der Waals surface area contributed by atoms with Gasteiger partial charge in [0.05, 0.1) is 5.56 Å². The second-order valence-corrected chi connectivity index (χ2v) is 6.71. The molecule has 29 heavy (non-hydrogen) atoms. The molecule has 0 bridgehead atoms. The minimum Gasteiger partial charge on any atom is -0.465 e. The average molecular weight is 403 g/mol. The normalized spacial score (nSPS) is 16.9. The molecule has 2 N–H and O–H groups in total. The maximum atomic E-state index is 12.8. The van der Waals surface area contributed by atoms with Gasteiger partial charge in [-0.05, 0) is 24.1 Å². The SMILES string of the molecule is O=C(O)N1CC[C@H](Nc2ncc(-c3ccc(C(F)(F)F)cc3)c3nccnc23)C1. The summed E-state index contributed by atoms with van der Waals surface area (Å²) in [6.45, 7) is 0.764. The van der Waals surface area contributed by atoms with Crippen LogP contribution in [-0.2, 0) is 6.18 Å². The molecule has 1 aliphatic rings. The van der Waals surface area contributed by atoms with Crippen molar-refractivity contribution in [3.05, 3.63) is 48.4 Å². The Labute approximate surface area is 163 Å². The number of likely N-dealkylation sites (tertiary alicyclic amines) is 1. The fraction of sp³-hybridized carbons (Fsp3) is 0.263. The minimum atomic E-state index is -4.41. The predicted molar refractivity (Wildman–Crippen MR) is 99.4 cm³/mol. The molecule has 0 unspecified atom stereocenters. The number of amides is 1. The van der Waals surface area contributed by atoms with E-state index in [9.17, 15) is 18.0 Å². The van der Waals surface area contributed by atoms with E-state index in [1.54, 1.807) is 0 Å². The number of benzene rings is 1. The number of halogens is 3. The van der Waals surface area contributed by atoms with Crippen LogP contribution in [0.2, 0.25) is 0 Å². The number of nitrogens with one attached hydrogen (secondary N) is 1. The van der Waals surface area contributed by atoms with Crippen LogP contribution in [0.3, 0.4) is 0 Å². The van der Waals surface area contributed by atoms with Crippen LogP contribution in [0.15, 0.2) is 42.9 Å². The third kappa shape index (κ3) is 3.78. The van der Waals surface area contributed by atoms with Crippen LogP contribution < -0.4 is 5.32 Å². The fourth-order valence-electron chi connectivity index (χ4n) is 3.36. The minimum absolute atomic E-state index is 0.110. The Kier molecular flexibility index (Phi) is 4.69. The smallest absolute Gasteiger partial charge is 0.416 e. The summed E-state index contributed by atoms with van der Waals surface area (Å²) in [5.74, 6) is 0.459. The first-order valence-corrected chi connectivity index (χ1v) is 8.84. The van der Waals surface area contributed by atoms with E-state index in [-0.39, 0.29) is 6.04 Å². The van der Waals surface area contributed by atoms with E-state index in [4.69, 9.17) is 5.11 Å². The van der Waals surface area contributed by atoms with Crippen LogP contribution in [-0.4, -0.2) is 50.2 Å². The Morgan fingerprint density at radius 3 is 2.41 bits per heavy atom. The van der Waals surface area contributed by atoms with E-state index < -0.39 is 17.8 Å². The summed E-state index contributed by atoms with van der Waals surface area (Å²) in [4.78, 5) is 25.5. The number of hydrogen-bond donors (Lipinski definition) is 2. The lowest BCUT2D eigenvalue weighted by Gasteiger charge is -2.16. The summed E-state index contributed by atoms with van der Waals surface area (Å²) in [5, 5.41) is 12.3. The van der Waals surface area contributed by atoms with Gasteiger partial charge in [0.2, 0.25) is 0 Å². The number of anilines is 1. The third-order valence-corrected chi connectivity index (χ3v) is 4.82. The van der Waals surface area contributed by atoms with E-state index in [1.165, 1.54) is 35.6 Å². The number of rotatable bonds is 3. The number of nitrogens with zero attached hydrogens (tertiary/aromatic N) is 4. The molecule has 1 fully saturated rings. The first kappa shape index (κ1) is 18.9. The maximum Gasteiger partial charge on any atom is 0.416 e. The largest absolute Gasteiger partial charge is 0.465 e. The van der Waals surface area contributed by atoms with Crippen molar-refractivity contribution >= 4 is 22.9 Å². The first-order valence-electron chi connectivity index (χ1n) is 8.84. The second-order valence-electron chi connectivity index (χ2n) is 6.71. The van der Waals surface area contributed by atoms with Crippen molar-refractivity contribution in [3.63, 3.8) is 0 Å². The summed E-state index contributed by atoms with van der Waals surface area (Å²) in [5.41, 5.74) is 1.34. The zero-order valence-electron chi connectivity index (χ0n) is 15.0. The van der Waals surface area contributed by atoms with Crippen LogP contribution in [0.1, 0.15) is 12.0 Å². The van der Waals surface area contributed by atoms with Crippen LogP contribution in [0.4, 0.5) is 23.8 Å². The average Bonchev–Trinajstić information content (AvgIpc) is 3.17. The highest BCUT2D eigenvalue weighted by molar-refractivity contribution is 5.96. The molecule has 1 saturated heterocycles. The monoisotopic (exact) mass is 403 g/mol. The number of carbonyl (C=O) groups is 1. The zero-order valence-corrected chi connectivity index (χ0v) is 15.0. The van der Waals surface area contributed by atoms with Crippen LogP contribution in [0, 0.1) is 0 Å². The molecule has 2 aromatic heterocycles. The van der Waals surface area contributed by atoms with Gasteiger partial charge in [-0.15, -0.1) is 0 Å². The van der Waals surface area contributed by atoms with Gasteiger partial charge in [0.25, 0.3) is 0 Å². The Morgan fingerprint density at radius 1 is 1.10 bits per heavy atom. The van der Waals surface area contributed by atoms with E-state index in [1.807, 2.05) is 0 Å². The van der Waals surface area contributed by atoms with Gasteiger partial charge < -0.3 is 15.3 Å². The maximum absolute atomic E-state index is 12.8. The highest BCUT2D eigenvalue weighted by Gasteiger charge is 2.30. The van der Waals surface area contributed by atoms with Gasteiger partial charge in [-0.2, -0.15) is 13.2 Å². The Balaban J connectivity index is 1.66. The second kappa shape index (κ2) is 7.19. The molecule has 1 aromatic carbocycles. The van der Waals surface area contributed by atoms with E-state index >= 15 is 0 Å². The first-order chi connectivity index (χ1) is 13.8. The molecule has 10 heteroatoms. The zero-order chi connectivity index (χ0) is 20.6. The van der Waals surface area contributed by atoms with Crippen molar-refractivity contribution in [3.8, 4) is 11.1 Å². The van der Waals surface area contributed by atoms with Gasteiger partial charge in [0.15, 0.2) is 5.82 Å². The number of aromatic nitrogens is 3. The Morgan fingerprint density at radius 2 is 1.79 bits per heavy atom. The van der Waals surface area contributed by atoms with Crippen molar-refractivity contribution in [1.82, 2.24) is 19.9 Å². The van der Waals surface area contributed by atoms with Gasteiger partial charge >= 0.3 is 12.3 Å². The van der Waals surface area contributed by atoms with Crippen molar-refractivity contribution in [1.29, 1.82) is 0 Å². The van der Waals surface area contributed by atoms with E-state index in [0.29, 0.717) is 47.5 Å². The molecule has 3 aromatic rings. The quantitative estimate of drug-likeness (QED) is 0.690. The summed E-state index contributed by atoms with van der Waals surface area (Å²) in [6, 6.07) is 4.68. The lowest BCUT2D eigenvalue weighted by molar-refractivity contribution is -0.137. The molecule has 150 valence electrons. The molecular formula is C19H16F3N5O2. The summed E-state index contributed by atoms with van der Waals surface area (Å²) in [6.07, 6.45) is -0.199. The summed E-state index contributed by atoms with van der Waals surface area (Å²) in [7, 11) is 0. The number of hydrogen-bond acceptors (Lipinski definition) is 5. The third-order valence-electron chi connectivity index (χ3n) is 4.82. The standard InChI is InChI=1S/C19H16F3N5O2/c20-19(21,22)12-3-1-11(2-4-12)14-9-25-17(16-15(14)23-6-7-24-16)26-13-5-8-27(10-13)18(28)29/h1-4,6-7,9,13H,5,8,10H2,(H,25,26)(H,28,29)/t13-/m0/s1. The number of pyridine rings is 1. The number of carboxylic acid groups (broad SMARTS) is 1. The van der Waals surface area contributed by atoms with Gasteiger partial charge in [-0.3, -0.25) is 4.98 Å². The summed E-state index contributed by atoms with van der Waals surface area (Å²) >= 11 is 0. The molecule has 0 aliphatic carbocycles. The van der Waals surface area contributed by atoms with Crippen molar-refractivity contribution in [2.24, 2.45) is 0 Å². The highest BCUT2D eigenvalue weighted by Crippen LogP contribution is 2.33. The molecule has 7 nitrogen and oxygen atoms in total. The van der Waals surface area contributed by atoms with Crippen molar-refractivity contribution < 1.29 is 23.1 Å². The van der Waals surface area contributed by atoms with Gasteiger partial charge in [0.1, 0.15) is 11.0 Å². The van der Waals surface area contributed by atoms with Crippen molar-refractivity contribution in [2.75, 3.05) is 18.4 Å². The molecule has 1 aliphatic heterocycles. The van der Waals surface area contributed by atoms with Crippen LogP contribution in [0.25, 0.3) is 22.2 Å². The van der Waals surface area contributed by atoms with Crippen LogP contribution in [0.5, 0.6) is 0 Å². The Bertz CT molecular complexity index is 1060. The fourth-order valence-corrected chi connectivity index (χ4v) is 3.36. The topological polar surface area (TPSA) is 91.2 Å². The summed E-state index contributed by atoms with van der Waals surface area (Å²) < 4.78 is 38.4. The lowest BCUT2D eigenvalue weighted by Crippen LogP contribution is -2.30. The molecule has 1 amide bonds. The molecule has 0 radical (unpaired) electrons. The molecule has 4 rings (SSSR count). The molecular weight excluding hydrogens is 387 g/mol. The van der Waals surface area contributed by atoms with Gasteiger partial charge in [-0.1, -0.05) is 12.1 Å². The number of alkyl halides is 3. The van der Waals surface area contributed by atoms with Crippen molar-refractivity contribution in [2.45, 2.75) is 18.6 Å². The van der Waals surface area contributed by atoms with Gasteiger partial charge in [0, 0.05) is 43.3 Å². The highest BCUT2D eigenvalue weighted by atomic mass is 19.4. The van der Waals surface area contributed by atoms with Crippen LogP contribution >= 0.6 is 0 Å². The Hall–Kier alpha value is -3.43. The molecule has 0 spiro atoms. The van der Waals surface area contributed by atoms with Gasteiger partial charge in [-0.25, -0.2) is 14.8 Å². The lowest BCUT2D eigenvalue weighted by atomic mass is 10.0. The number of fused-ring (bicyclic) bond motifs is 1. The van der Waals surface area contributed by atoms with E-state index in [0.717, 1.165) is 12.1 Å².